The molecule has 3 nitrogen and oxygen atoms in total. The third-order valence-corrected chi connectivity index (χ3v) is 4.40. The lowest BCUT2D eigenvalue weighted by atomic mass is 10.0. The van der Waals surface area contributed by atoms with E-state index in [2.05, 4.69) is 35.9 Å². The van der Waals surface area contributed by atoms with E-state index < -0.39 is 0 Å². The number of hydrogen-bond acceptors (Lipinski definition) is 3. The Morgan fingerprint density at radius 3 is 2.75 bits per heavy atom. The van der Waals surface area contributed by atoms with Crippen LogP contribution in [0.2, 0.25) is 0 Å². The second-order valence-electron chi connectivity index (χ2n) is 5.64. The molecule has 0 spiro atoms. The van der Waals surface area contributed by atoms with Crippen molar-refractivity contribution < 1.29 is 4.39 Å². The van der Waals surface area contributed by atoms with Crippen LogP contribution in [0.15, 0.2) is 18.2 Å². The third-order valence-electron chi connectivity index (χ3n) is 4.40. The summed E-state index contributed by atoms with van der Waals surface area (Å²) in [5, 5.41) is 3.22. The van der Waals surface area contributed by atoms with E-state index in [1.54, 1.807) is 12.1 Å². The summed E-state index contributed by atoms with van der Waals surface area (Å²) in [7, 11) is 1.91. The summed E-state index contributed by atoms with van der Waals surface area (Å²) in [6, 6.07) is 5.84. The van der Waals surface area contributed by atoms with E-state index >= 15 is 0 Å². The largest absolute Gasteiger partial charge is 0.368 e. The Hall–Kier alpha value is -1.13. The van der Waals surface area contributed by atoms with Crippen LogP contribution in [0.4, 0.5) is 10.1 Å². The van der Waals surface area contributed by atoms with Crippen LogP contribution < -0.4 is 10.2 Å². The Balaban J connectivity index is 2.24. The van der Waals surface area contributed by atoms with E-state index in [9.17, 15) is 4.39 Å². The quantitative estimate of drug-likeness (QED) is 0.914. The number of nitrogens with one attached hydrogen (secondary N) is 1. The number of anilines is 1. The van der Waals surface area contributed by atoms with Gasteiger partial charge in [0.05, 0.1) is 0 Å². The number of nitrogens with zero attached hydrogens (tertiary/aromatic N) is 2. The number of hydrogen-bond donors (Lipinski definition) is 1. The number of rotatable bonds is 4. The maximum Gasteiger partial charge on any atom is 0.123 e. The molecule has 1 aliphatic rings. The summed E-state index contributed by atoms with van der Waals surface area (Å²) in [5.74, 6) is -0.161. The molecule has 1 fully saturated rings. The van der Waals surface area contributed by atoms with Crippen LogP contribution in [0.1, 0.15) is 32.4 Å². The van der Waals surface area contributed by atoms with Crippen molar-refractivity contribution in [1.29, 1.82) is 0 Å². The zero-order chi connectivity index (χ0) is 14.7. The molecule has 0 radical (unpaired) electrons. The van der Waals surface area contributed by atoms with Crippen LogP contribution in [0.5, 0.6) is 0 Å². The maximum atomic E-state index is 13.5. The molecule has 1 saturated heterocycles. The third kappa shape index (κ3) is 3.13. The first kappa shape index (κ1) is 15.3. The second kappa shape index (κ2) is 6.55. The van der Waals surface area contributed by atoms with Crippen LogP contribution in [-0.2, 0) is 0 Å². The van der Waals surface area contributed by atoms with Gasteiger partial charge in [-0.05, 0) is 51.2 Å². The van der Waals surface area contributed by atoms with Gasteiger partial charge in [-0.25, -0.2) is 4.39 Å². The van der Waals surface area contributed by atoms with Gasteiger partial charge in [0.15, 0.2) is 0 Å². The van der Waals surface area contributed by atoms with Crippen LogP contribution in [0.3, 0.4) is 0 Å². The highest BCUT2D eigenvalue weighted by Gasteiger charge is 2.24. The lowest BCUT2D eigenvalue weighted by molar-refractivity contribution is 0.199. The highest BCUT2D eigenvalue weighted by molar-refractivity contribution is 5.55. The fourth-order valence-electron chi connectivity index (χ4n) is 3.00. The van der Waals surface area contributed by atoms with Crippen molar-refractivity contribution in [2.24, 2.45) is 0 Å². The molecule has 20 heavy (non-hydrogen) atoms. The Morgan fingerprint density at radius 2 is 2.15 bits per heavy atom. The molecule has 1 aliphatic heterocycles. The number of halogens is 1. The van der Waals surface area contributed by atoms with Gasteiger partial charge in [-0.1, -0.05) is 6.92 Å². The zero-order valence-corrected chi connectivity index (χ0v) is 13.0. The van der Waals surface area contributed by atoms with Crippen LogP contribution in [0, 0.1) is 5.82 Å². The minimum Gasteiger partial charge on any atom is -0.368 e. The van der Waals surface area contributed by atoms with E-state index in [4.69, 9.17) is 0 Å². The summed E-state index contributed by atoms with van der Waals surface area (Å²) < 4.78 is 13.5. The first-order valence-corrected chi connectivity index (χ1v) is 7.52. The van der Waals surface area contributed by atoms with E-state index in [1.807, 2.05) is 13.1 Å². The SMILES string of the molecule is CCN1CCN(c2ccc(F)cc2C(C)NC)CC1C. The summed E-state index contributed by atoms with van der Waals surface area (Å²) in [6.45, 7) is 10.7. The van der Waals surface area contributed by atoms with Gasteiger partial charge in [-0.3, -0.25) is 4.90 Å². The Bertz CT molecular complexity index is 449. The zero-order valence-electron chi connectivity index (χ0n) is 13.0. The summed E-state index contributed by atoms with van der Waals surface area (Å²) in [5.41, 5.74) is 2.21. The lowest BCUT2D eigenvalue weighted by Gasteiger charge is -2.41. The highest BCUT2D eigenvalue weighted by Crippen LogP contribution is 2.29. The molecule has 1 N–H and O–H groups in total. The molecule has 2 rings (SSSR count). The molecular weight excluding hydrogens is 253 g/mol. The van der Waals surface area contributed by atoms with Gasteiger partial charge in [0.2, 0.25) is 0 Å². The summed E-state index contributed by atoms with van der Waals surface area (Å²) in [6.07, 6.45) is 0. The standard InChI is InChI=1S/C16H26FN3/c1-5-19-8-9-20(11-12(19)2)16-7-6-14(17)10-15(16)13(3)18-4/h6-7,10,12-13,18H,5,8-9,11H2,1-4H3. The number of likely N-dealkylation sites (N-methyl/N-ethyl adjacent to an activating group) is 1. The lowest BCUT2D eigenvalue weighted by Crippen LogP contribution is -2.52. The predicted molar refractivity (Wildman–Crippen MR) is 82.8 cm³/mol. The topological polar surface area (TPSA) is 18.5 Å². The van der Waals surface area contributed by atoms with Gasteiger partial charge in [0.25, 0.3) is 0 Å². The molecule has 1 heterocycles. The molecule has 0 bridgehead atoms. The van der Waals surface area contributed by atoms with Crippen molar-refractivity contribution in [3.05, 3.63) is 29.6 Å². The Kier molecular flexibility index (Phi) is 5.00. The van der Waals surface area contributed by atoms with E-state index in [1.165, 1.54) is 0 Å². The van der Waals surface area contributed by atoms with Gasteiger partial charge in [0, 0.05) is 37.4 Å². The van der Waals surface area contributed by atoms with Crippen molar-refractivity contribution in [2.75, 3.05) is 38.1 Å². The molecular formula is C16H26FN3. The van der Waals surface area contributed by atoms with Gasteiger partial charge in [0.1, 0.15) is 5.82 Å². The maximum absolute atomic E-state index is 13.5. The minimum atomic E-state index is -0.161. The van der Waals surface area contributed by atoms with Crippen LogP contribution in [-0.4, -0.2) is 44.2 Å². The van der Waals surface area contributed by atoms with Gasteiger partial charge in [-0.15, -0.1) is 0 Å². The first-order valence-electron chi connectivity index (χ1n) is 7.52. The number of piperazine rings is 1. The molecule has 2 unspecified atom stereocenters. The normalized spacial score (nSPS) is 22.1. The van der Waals surface area contributed by atoms with Gasteiger partial charge >= 0.3 is 0 Å². The van der Waals surface area contributed by atoms with Crippen molar-refractivity contribution in [3.8, 4) is 0 Å². The van der Waals surface area contributed by atoms with Crippen molar-refractivity contribution in [3.63, 3.8) is 0 Å². The monoisotopic (exact) mass is 279 g/mol. The van der Waals surface area contributed by atoms with E-state index in [-0.39, 0.29) is 11.9 Å². The average molecular weight is 279 g/mol. The second-order valence-corrected chi connectivity index (χ2v) is 5.64. The fraction of sp³-hybridized carbons (Fsp3) is 0.625. The predicted octanol–water partition coefficient (Wildman–Crippen LogP) is 2.64. The Morgan fingerprint density at radius 1 is 1.40 bits per heavy atom. The van der Waals surface area contributed by atoms with Gasteiger partial charge < -0.3 is 10.2 Å². The molecule has 0 saturated carbocycles. The molecule has 1 aromatic carbocycles. The molecule has 0 aliphatic carbocycles. The molecule has 0 amide bonds. The van der Waals surface area contributed by atoms with Crippen molar-refractivity contribution >= 4 is 5.69 Å². The molecule has 0 aromatic heterocycles. The minimum absolute atomic E-state index is 0.153. The highest BCUT2D eigenvalue weighted by atomic mass is 19.1. The van der Waals surface area contributed by atoms with Crippen LogP contribution in [0.25, 0.3) is 0 Å². The summed E-state index contributed by atoms with van der Waals surface area (Å²) >= 11 is 0. The molecule has 112 valence electrons. The first-order chi connectivity index (χ1) is 9.56. The van der Waals surface area contributed by atoms with Crippen molar-refractivity contribution in [2.45, 2.75) is 32.9 Å². The van der Waals surface area contributed by atoms with Crippen LogP contribution >= 0.6 is 0 Å². The van der Waals surface area contributed by atoms with Gasteiger partial charge in [-0.2, -0.15) is 0 Å². The molecule has 2 atom stereocenters. The Labute approximate surface area is 121 Å². The molecule has 1 aromatic rings. The van der Waals surface area contributed by atoms with E-state index in [0.29, 0.717) is 6.04 Å². The van der Waals surface area contributed by atoms with Crippen molar-refractivity contribution in [1.82, 2.24) is 10.2 Å². The average Bonchev–Trinajstić information content (AvgIpc) is 2.46. The smallest absolute Gasteiger partial charge is 0.123 e. The molecule has 4 heteroatoms. The summed E-state index contributed by atoms with van der Waals surface area (Å²) in [4.78, 5) is 4.88. The van der Waals surface area contributed by atoms with E-state index in [0.717, 1.165) is 37.4 Å². The fourth-order valence-corrected chi connectivity index (χ4v) is 3.00. The number of benzene rings is 1.